The Labute approximate surface area is 202 Å². The van der Waals surface area contributed by atoms with Crippen LogP contribution in [0, 0.1) is 5.82 Å². The third kappa shape index (κ3) is 3.84. The van der Waals surface area contributed by atoms with E-state index in [2.05, 4.69) is 19.3 Å². The zero-order chi connectivity index (χ0) is 24.2. The summed E-state index contributed by atoms with van der Waals surface area (Å²) in [6.07, 6.45) is 2.43. The fraction of sp³-hybridized carbons (Fsp3) is 0.455. The number of carbonyl (C=O) groups is 1. The summed E-state index contributed by atoms with van der Waals surface area (Å²) in [5.74, 6) is -0.854. The molecule has 2 aromatic heterocycles. The summed E-state index contributed by atoms with van der Waals surface area (Å²) in [6.45, 7) is 5.67. The van der Waals surface area contributed by atoms with Crippen LogP contribution >= 0.6 is 23.2 Å². The lowest BCUT2D eigenvalue weighted by Crippen LogP contribution is -2.60. The fourth-order valence-corrected chi connectivity index (χ4v) is 8.17. The number of halogens is 3. The van der Waals surface area contributed by atoms with Crippen molar-refractivity contribution in [2.24, 2.45) is 15.1 Å². The molecule has 0 aromatic carbocycles. The van der Waals surface area contributed by atoms with Gasteiger partial charge in [-0.1, -0.05) is 23.2 Å². The second-order valence-corrected chi connectivity index (χ2v) is 12.8. The van der Waals surface area contributed by atoms with Crippen molar-refractivity contribution >= 4 is 44.5 Å². The number of nitrogens with two attached hydrogens (primary N) is 1. The van der Waals surface area contributed by atoms with E-state index < -0.39 is 36.9 Å². The number of hydrogen-bond acceptors (Lipinski definition) is 7. The Hall–Kier alpha value is -2.10. The van der Waals surface area contributed by atoms with Gasteiger partial charge in [-0.05, 0) is 51.8 Å². The van der Waals surface area contributed by atoms with E-state index in [9.17, 15) is 9.00 Å². The molecule has 33 heavy (non-hydrogen) atoms. The molecule has 0 bridgehead atoms. The quantitative estimate of drug-likeness (QED) is 0.613. The first-order valence-corrected chi connectivity index (χ1v) is 12.8. The molecule has 2 N–H and O–H groups in total. The van der Waals surface area contributed by atoms with Gasteiger partial charge in [-0.2, -0.15) is 0 Å². The van der Waals surface area contributed by atoms with Crippen molar-refractivity contribution < 1.29 is 13.4 Å². The fourth-order valence-electron chi connectivity index (χ4n) is 4.45. The zero-order valence-corrected chi connectivity index (χ0v) is 20.8. The Balaban J connectivity index is 1.78. The molecule has 0 spiro atoms. The van der Waals surface area contributed by atoms with Crippen LogP contribution in [0.1, 0.15) is 55.5 Å². The van der Waals surface area contributed by atoms with E-state index in [1.54, 1.807) is 20.8 Å². The van der Waals surface area contributed by atoms with E-state index in [4.69, 9.17) is 28.9 Å². The maximum atomic E-state index is 15.1. The number of nitrogens with zero attached hydrogens (tertiary/aromatic N) is 4. The molecule has 3 atom stereocenters. The standard InChI is InChI=1S/C22H24Cl2FN5O2S/c1-21(2)20(26)30-22(3,17-5-4-8-28-33(17,21)32)19-15(25)7-6-13(29-19)10-16(31)18-14(24)9-12(23)11-27-18/h6-7,9,11,17H,4-5,8,10H2,1-3H3,(H2,26,30)/t17-,22-,33+/m0/s1. The van der Waals surface area contributed by atoms with E-state index in [0.29, 0.717) is 30.1 Å². The first kappa shape index (κ1) is 24.0. The average molecular weight is 512 g/mol. The molecular weight excluding hydrogens is 488 g/mol. The SMILES string of the molecule is CC1(C)C(N)=N[C@](C)(c2nc(CC(=O)c3ncc(Cl)cc3Cl)ccc2F)[C@@H]2CCCN=[S@@]21=O. The Bertz CT molecular complexity index is 1310. The Morgan fingerprint density at radius 2 is 2.03 bits per heavy atom. The highest BCUT2D eigenvalue weighted by atomic mass is 35.5. The Kier molecular flexibility index (Phi) is 6.04. The third-order valence-electron chi connectivity index (χ3n) is 6.42. The minimum atomic E-state index is -2.87. The summed E-state index contributed by atoms with van der Waals surface area (Å²) < 4.78 is 32.8. The lowest BCUT2D eigenvalue weighted by Gasteiger charge is -2.47. The van der Waals surface area contributed by atoms with Gasteiger partial charge in [0, 0.05) is 18.4 Å². The van der Waals surface area contributed by atoms with Gasteiger partial charge in [-0.3, -0.25) is 14.8 Å². The average Bonchev–Trinajstić information content (AvgIpc) is 2.74. The summed E-state index contributed by atoms with van der Waals surface area (Å²) in [7, 11) is -2.87. The molecule has 0 radical (unpaired) electrons. The van der Waals surface area contributed by atoms with Gasteiger partial charge < -0.3 is 5.73 Å². The molecular formula is C22H24Cl2FN5O2S. The number of ketones is 1. The summed E-state index contributed by atoms with van der Waals surface area (Å²) in [6, 6.07) is 4.09. The molecule has 0 unspecified atom stereocenters. The molecule has 2 aliphatic rings. The van der Waals surface area contributed by atoms with Crippen LogP contribution in [0.5, 0.6) is 0 Å². The highest BCUT2D eigenvalue weighted by molar-refractivity contribution is 7.96. The highest BCUT2D eigenvalue weighted by Gasteiger charge is 2.56. The normalized spacial score (nSPS) is 28.4. The largest absolute Gasteiger partial charge is 0.386 e. The van der Waals surface area contributed by atoms with Crippen LogP contribution in [-0.4, -0.2) is 42.3 Å². The second kappa shape index (κ2) is 8.29. The van der Waals surface area contributed by atoms with E-state index in [1.807, 2.05) is 0 Å². The number of fused-ring (bicyclic) bond motifs is 1. The van der Waals surface area contributed by atoms with E-state index >= 15 is 4.39 Å². The second-order valence-electron chi connectivity index (χ2n) is 8.92. The van der Waals surface area contributed by atoms with Gasteiger partial charge in [0.05, 0.1) is 31.4 Å². The van der Waals surface area contributed by atoms with Crippen molar-refractivity contribution in [3.05, 3.63) is 57.3 Å². The molecule has 4 heterocycles. The van der Waals surface area contributed by atoms with Crippen LogP contribution in [0.2, 0.25) is 10.0 Å². The van der Waals surface area contributed by atoms with Crippen molar-refractivity contribution in [2.45, 2.75) is 55.6 Å². The van der Waals surface area contributed by atoms with Crippen LogP contribution < -0.4 is 5.73 Å². The number of carbonyl (C=O) groups excluding carboxylic acids is 1. The predicted molar refractivity (Wildman–Crippen MR) is 128 cm³/mol. The number of aromatic nitrogens is 2. The number of Topliss-reactive ketones (excluding diaryl/α,β-unsaturated/α-hetero) is 1. The van der Waals surface area contributed by atoms with Crippen molar-refractivity contribution in [1.29, 1.82) is 0 Å². The molecule has 0 saturated carbocycles. The minimum Gasteiger partial charge on any atom is -0.386 e. The zero-order valence-electron chi connectivity index (χ0n) is 18.4. The molecule has 0 fully saturated rings. The molecule has 2 aliphatic heterocycles. The molecule has 4 rings (SSSR count). The molecule has 0 saturated heterocycles. The number of rotatable bonds is 4. The van der Waals surface area contributed by atoms with E-state index in [1.165, 1.54) is 24.4 Å². The van der Waals surface area contributed by atoms with Gasteiger partial charge in [0.2, 0.25) is 0 Å². The minimum absolute atomic E-state index is 0.00348. The lowest BCUT2D eigenvalue weighted by molar-refractivity contribution is 0.0987. The summed E-state index contributed by atoms with van der Waals surface area (Å²) in [4.78, 5) is 25.9. The predicted octanol–water partition coefficient (Wildman–Crippen LogP) is 4.34. The number of pyridine rings is 2. The molecule has 2 aromatic rings. The maximum Gasteiger partial charge on any atom is 0.188 e. The number of aliphatic imine (C=N–C) groups is 1. The molecule has 0 amide bonds. The number of hydrogen-bond donors (Lipinski definition) is 1. The van der Waals surface area contributed by atoms with Crippen LogP contribution in [0.3, 0.4) is 0 Å². The van der Waals surface area contributed by atoms with Crippen LogP contribution in [0.15, 0.2) is 33.8 Å². The van der Waals surface area contributed by atoms with Gasteiger partial charge >= 0.3 is 0 Å². The summed E-state index contributed by atoms with van der Waals surface area (Å²) in [5, 5.41) is -0.137. The van der Waals surface area contributed by atoms with Crippen molar-refractivity contribution in [2.75, 3.05) is 6.54 Å². The lowest BCUT2D eigenvalue weighted by atomic mass is 9.88. The third-order valence-corrected chi connectivity index (χ3v) is 10.6. The van der Waals surface area contributed by atoms with E-state index in [0.717, 1.165) is 0 Å². The Morgan fingerprint density at radius 1 is 1.30 bits per heavy atom. The van der Waals surface area contributed by atoms with Gasteiger partial charge in [0.15, 0.2) is 5.78 Å². The molecule has 176 valence electrons. The topological polar surface area (TPSA) is 111 Å². The summed E-state index contributed by atoms with van der Waals surface area (Å²) in [5.41, 5.74) is 5.33. The first-order chi connectivity index (χ1) is 15.4. The van der Waals surface area contributed by atoms with E-state index in [-0.39, 0.29) is 28.7 Å². The van der Waals surface area contributed by atoms with Crippen LogP contribution in [0.4, 0.5) is 4.39 Å². The Morgan fingerprint density at radius 3 is 2.73 bits per heavy atom. The van der Waals surface area contributed by atoms with Crippen LogP contribution in [0.25, 0.3) is 0 Å². The van der Waals surface area contributed by atoms with Gasteiger partial charge in [0.1, 0.15) is 33.3 Å². The van der Waals surface area contributed by atoms with Crippen molar-refractivity contribution in [1.82, 2.24) is 9.97 Å². The first-order valence-electron chi connectivity index (χ1n) is 10.5. The highest BCUT2D eigenvalue weighted by Crippen LogP contribution is 2.46. The van der Waals surface area contributed by atoms with Gasteiger partial charge in [0.25, 0.3) is 0 Å². The summed E-state index contributed by atoms with van der Waals surface area (Å²) >= 11 is 12.0. The smallest absolute Gasteiger partial charge is 0.188 e. The molecule has 11 heteroatoms. The van der Waals surface area contributed by atoms with Gasteiger partial charge in [-0.15, -0.1) is 0 Å². The van der Waals surface area contributed by atoms with Crippen molar-refractivity contribution in [3.8, 4) is 0 Å². The van der Waals surface area contributed by atoms with Crippen molar-refractivity contribution in [3.63, 3.8) is 0 Å². The maximum absolute atomic E-state index is 15.1. The number of amidine groups is 1. The molecule has 7 nitrogen and oxygen atoms in total. The van der Waals surface area contributed by atoms with Crippen LogP contribution in [-0.2, 0) is 21.7 Å². The van der Waals surface area contributed by atoms with Gasteiger partial charge in [-0.25, -0.2) is 17.9 Å². The monoisotopic (exact) mass is 511 g/mol. The molecule has 0 aliphatic carbocycles.